The average molecular weight is 333 g/mol. The highest BCUT2D eigenvalue weighted by Gasteiger charge is 2.17. The Morgan fingerprint density at radius 3 is 2.74 bits per heavy atom. The van der Waals surface area contributed by atoms with Gasteiger partial charge in [0.05, 0.1) is 10.9 Å². The van der Waals surface area contributed by atoms with Gasteiger partial charge in [0.1, 0.15) is 11.8 Å². The third-order valence-electron chi connectivity index (χ3n) is 3.98. The molecule has 0 aliphatic carbocycles. The molecular weight excluding hydrogens is 316 g/mol. The predicted molar refractivity (Wildman–Crippen MR) is 90.6 cm³/mol. The van der Waals surface area contributed by atoms with E-state index in [9.17, 15) is 9.59 Å². The van der Waals surface area contributed by atoms with Gasteiger partial charge in [0.15, 0.2) is 5.43 Å². The highest BCUT2D eigenvalue weighted by molar-refractivity contribution is 6.31. The lowest BCUT2D eigenvalue weighted by Gasteiger charge is -2.31. The minimum Gasteiger partial charge on any atom is -0.463 e. The lowest BCUT2D eigenvalue weighted by molar-refractivity contribution is -0.127. The standard InChI is InChI=1S/C17H17ClN2O3/c1-19-6-8-20(9-7-19)16(21)5-2-12-11-23-15-4-3-13(18)10-14(15)17(12)22/h2-5,10-11H,6-9H2,1H3. The van der Waals surface area contributed by atoms with E-state index in [1.54, 1.807) is 23.1 Å². The summed E-state index contributed by atoms with van der Waals surface area (Å²) in [5, 5.41) is 0.881. The molecule has 0 atom stereocenters. The quantitative estimate of drug-likeness (QED) is 0.791. The first-order valence-corrected chi connectivity index (χ1v) is 7.79. The van der Waals surface area contributed by atoms with Gasteiger partial charge < -0.3 is 14.2 Å². The molecule has 1 fully saturated rings. The van der Waals surface area contributed by atoms with E-state index in [0.29, 0.717) is 34.6 Å². The maximum Gasteiger partial charge on any atom is 0.246 e. The third kappa shape index (κ3) is 3.46. The largest absolute Gasteiger partial charge is 0.463 e. The topological polar surface area (TPSA) is 53.8 Å². The van der Waals surface area contributed by atoms with Crippen molar-refractivity contribution >= 4 is 34.6 Å². The molecule has 6 heteroatoms. The Morgan fingerprint density at radius 2 is 2.00 bits per heavy atom. The first-order valence-electron chi connectivity index (χ1n) is 7.41. The number of benzene rings is 1. The van der Waals surface area contributed by atoms with E-state index in [4.69, 9.17) is 16.0 Å². The number of amides is 1. The fraction of sp³-hybridized carbons (Fsp3) is 0.294. The number of hydrogen-bond acceptors (Lipinski definition) is 4. The number of nitrogens with zero attached hydrogens (tertiary/aromatic N) is 2. The summed E-state index contributed by atoms with van der Waals surface area (Å²) in [7, 11) is 2.03. The number of likely N-dealkylation sites (N-methyl/N-ethyl adjacent to an activating group) is 1. The van der Waals surface area contributed by atoms with Gasteiger partial charge in [0, 0.05) is 37.3 Å². The van der Waals surface area contributed by atoms with Gasteiger partial charge in [-0.15, -0.1) is 0 Å². The van der Waals surface area contributed by atoms with Crippen molar-refractivity contribution in [3.8, 4) is 0 Å². The molecule has 0 saturated carbocycles. The van der Waals surface area contributed by atoms with Crippen molar-refractivity contribution in [3.63, 3.8) is 0 Å². The summed E-state index contributed by atoms with van der Waals surface area (Å²) in [5.74, 6) is -0.0938. The molecule has 5 nitrogen and oxygen atoms in total. The van der Waals surface area contributed by atoms with Crippen molar-refractivity contribution in [2.24, 2.45) is 0 Å². The fourth-order valence-electron chi connectivity index (χ4n) is 2.53. The van der Waals surface area contributed by atoms with Gasteiger partial charge in [-0.3, -0.25) is 9.59 Å². The van der Waals surface area contributed by atoms with Crippen molar-refractivity contribution in [2.75, 3.05) is 33.2 Å². The second-order valence-electron chi connectivity index (χ2n) is 5.62. The van der Waals surface area contributed by atoms with Crippen molar-refractivity contribution in [1.82, 2.24) is 9.80 Å². The van der Waals surface area contributed by atoms with Gasteiger partial charge in [0.2, 0.25) is 5.91 Å². The van der Waals surface area contributed by atoms with Crippen LogP contribution in [0.1, 0.15) is 5.56 Å². The molecule has 1 aromatic heterocycles. The van der Waals surface area contributed by atoms with E-state index in [0.717, 1.165) is 13.1 Å². The molecule has 23 heavy (non-hydrogen) atoms. The number of halogens is 1. The molecule has 3 rings (SSSR count). The summed E-state index contributed by atoms with van der Waals surface area (Å²) < 4.78 is 5.43. The van der Waals surface area contributed by atoms with Crippen LogP contribution in [0.2, 0.25) is 5.02 Å². The van der Waals surface area contributed by atoms with Crippen molar-refractivity contribution in [1.29, 1.82) is 0 Å². The van der Waals surface area contributed by atoms with Crippen molar-refractivity contribution < 1.29 is 9.21 Å². The molecule has 1 aromatic carbocycles. The first kappa shape index (κ1) is 15.8. The van der Waals surface area contributed by atoms with Crippen LogP contribution in [-0.4, -0.2) is 48.9 Å². The van der Waals surface area contributed by atoms with E-state index in [1.807, 2.05) is 7.05 Å². The first-order chi connectivity index (χ1) is 11.0. The molecule has 0 spiro atoms. The Labute approximate surface area is 138 Å². The lowest BCUT2D eigenvalue weighted by Crippen LogP contribution is -2.46. The predicted octanol–water partition coefficient (Wildman–Crippen LogP) is 2.23. The molecule has 1 aliphatic heterocycles. The molecular formula is C17H17ClN2O3. The van der Waals surface area contributed by atoms with E-state index in [1.165, 1.54) is 18.4 Å². The molecule has 1 amide bonds. The smallest absolute Gasteiger partial charge is 0.246 e. The fourth-order valence-corrected chi connectivity index (χ4v) is 2.70. The van der Waals surface area contributed by atoms with Crippen LogP contribution in [0, 0.1) is 0 Å². The highest BCUT2D eigenvalue weighted by atomic mass is 35.5. The molecule has 0 N–H and O–H groups in total. The van der Waals surface area contributed by atoms with Gasteiger partial charge in [-0.25, -0.2) is 0 Å². The SMILES string of the molecule is CN1CCN(C(=O)C=Cc2coc3ccc(Cl)cc3c2=O)CC1. The van der Waals surface area contributed by atoms with Crippen LogP contribution in [-0.2, 0) is 4.79 Å². The monoisotopic (exact) mass is 332 g/mol. The summed E-state index contributed by atoms with van der Waals surface area (Å²) >= 11 is 5.92. The number of piperazine rings is 1. The van der Waals surface area contributed by atoms with Crippen molar-refractivity contribution in [2.45, 2.75) is 0 Å². The highest BCUT2D eigenvalue weighted by Crippen LogP contribution is 2.17. The Bertz CT molecular complexity index is 820. The molecule has 0 radical (unpaired) electrons. The second-order valence-corrected chi connectivity index (χ2v) is 6.06. The Balaban J connectivity index is 1.82. The van der Waals surface area contributed by atoms with E-state index in [2.05, 4.69) is 4.90 Å². The van der Waals surface area contributed by atoms with Gasteiger partial charge in [-0.05, 0) is 31.3 Å². The molecule has 1 saturated heterocycles. The molecule has 0 unspecified atom stereocenters. The molecule has 2 aromatic rings. The number of rotatable bonds is 2. The van der Waals surface area contributed by atoms with Crippen LogP contribution >= 0.6 is 11.6 Å². The zero-order valence-corrected chi connectivity index (χ0v) is 13.5. The zero-order chi connectivity index (χ0) is 16.4. The van der Waals surface area contributed by atoms with E-state index in [-0.39, 0.29) is 11.3 Å². The van der Waals surface area contributed by atoms with Gasteiger partial charge in [-0.2, -0.15) is 0 Å². The van der Waals surface area contributed by atoms with Crippen LogP contribution in [0.5, 0.6) is 0 Å². The summed E-state index contributed by atoms with van der Waals surface area (Å²) in [4.78, 5) is 28.5. The Kier molecular flexibility index (Phi) is 4.50. The Morgan fingerprint density at radius 1 is 1.26 bits per heavy atom. The maximum absolute atomic E-state index is 12.4. The number of fused-ring (bicyclic) bond motifs is 1. The summed E-state index contributed by atoms with van der Waals surface area (Å²) in [6, 6.07) is 4.89. The summed E-state index contributed by atoms with van der Waals surface area (Å²) in [5.41, 5.74) is 0.611. The summed E-state index contributed by atoms with van der Waals surface area (Å²) in [6.07, 6.45) is 4.30. The van der Waals surface area contributed by atoms with Crippen LogP contribution in [0.3, 0.4) is 0 Å². The van der Waals surface area contributed by atoms with E-state index >= 15 is 0 Å². The maximum atomic E-state index is 12.4. The number of carbonyl (C=O) groups excluding carboxylic acids is 1. The average Bonchev–Trinajstić information content (AvgIpc) is 2.55. The van der Waals surface area contributed by atoms with Crippen LogP contribution in [0.25, 0.3) is 17.0 Å². The molecule has 1 aliphatic rings. The lowest BCUT2D eigenvalue weighted by atomic mass is 10.1. The van der Waals surface area contributed by atoms with Gasteiger partial charge in [0.25, 0.3) is 0 Å². The van der Waals surface area contributed by atoms with Gasteiger partial charge in [-0.1, -0.05) is 11.6 Å². The van der Waals surface area contributed by atoms with Crippen LogP contribution < -0.4 is 5.43 Å². The number of hydrogen-bond donors (Lipinski definition) is 0. The normalized spacial score (nSPS) is 16.3. The van der Waals surface area contributed by atoms with Crippen molar-refractivity contribution in [3.05, 3.63) is 51.3 Å². The van der Waals surface area contributed by atoms with Crippen LogP contribution in [0.15, 0.2) is 39.7 Å². The molecule has 2 heterocycles. The zero-order valence-electron chi connectivity index (χ0n) is 12.8. The van der Waals surface area contributed by atoms with Gasteiger partial charge >= 0.3 is 0 Å². The Hall–Kier alpha value is -2.11. The third-order valence-corrected chi connectivity index (χ3v) is 4.22. The van der Waals surface area contributed by atoms with E-state index < -0.39 is 0 Å². The second kappa shape index (κ2) is 6.56. The molecule has 0 bridgehead atoms. The van der Waals surface area contributed by atoms with Crippen LogP contribution in [0.4, 0.5) is 0 Å². The molecule has 120 valence electrons. The minimum atomic E-state index is -0.198. The number of carbonyl (C=O) groups is 1. The summed E-state index contributed by atoms with van der Waals surface area (Å²) in [6.45, 7) is 3.11. The minimum absolute atomic E-state index is 0.0938.